The lowest BCUT2D eigenvalue weighted by molar-refractivity contribution is 0.475. The number of rotatable bonds is 4. The third kappa shape index (κ3) is 3.71. The molecule has 3 heterocycles. The Labute approximate surface area is 194 Å². The van der Waals surface area contributed by atoms with E-state index in [9.17, 15) is 5.11 Å². The molecule has 1 fully saturated rings. The first-order valence-corrected chi connectivity index (χ1v) is 11.0. The summed E-state index contributed by atoms with van der Waals surface area (Å²) >= 11 is 9.31. The maximum Gasteiger partial charge on any atom is 0.174 e. The van der Waals surface area contributed by atoms with Crippen molar-refractivity contribution in [1.82, 2.24) is 14.9 Å². The molecule has 2 N–H and O–H groups in total. The predicted octanol–water partition coefficient (Wildman–Crippen LogP) is 5.52. The molecule has 1 aliphatic rings. The molecule has 2 aromatic carbocycles. The van der Waals surface area contributed by atoms with Crippen LogP contribution in [0.2, 0.25) is 0 Å². The molecule has 0 bridgehead atoms. The van der Waals surface area contributed by atoms with E-state index in [1.807, 2.05) is 54.7 Å². The zero-order valence-corrected chi connectivity index (χ0v) is 18.8. The Morgan fingerprint density at radius 1 is 0.903 bits per heavy atom. The minimum Gasteiger partial charge on any atom is -0.508 e. The van der Waals surface area contributed by atoms with E-state index in [4.69, 9.17) is 12.2 Å². The maximum absolute atomic E-state index is 9.72. The number of hydrogen-bond acceptors (Lipinski definition) is 3. The van der Waals surface area contributed by atoms with Crippen LogP contribution in [0.25, 0.3) is 5.69 Å². The lowest BCUT2D eigenvalue weighted by atomic mass is 10.0. The van der Waals surface area contributed by atoms with Gasteiger partial charge in [0.05, 0.1) is 11.7 Å². The number of aromatic nitrogens is 2. The van der Waals surface area contributed by atoms with E-state index in [2.05, 4.69) is 53.9 Å². The van der Waals surface area contributed by atoms with Crippen LogP contribution in [0.3, 0.4) is 0 Å². The second-order valence-corrected chi connectivity index (χ2v) is 8.59. The number of anilines is 1. The molecule has 2 aromatic heterocycles. The number of nitrogens with one attached hydrogen (secondary N) is 1. The number of hydrogen-bond donors (Lipinski definition) is 2. The van der Waals surface area contributed by atoms with Crippen molar-refractivity contribution in [2.75, 3.05) is 4.90 Å². The normalized spacial score (nSPS) is 18.2. The molecule has 0 saturated carbocycles. The number of halogens is 1. The van der Waals surface area contributed by atoms with Gasteiger partial charge in [-0.2, -0.15) is 0 Å². The molecule has 5 nitrogen and oxygen atoms in total. The molecular weight excluding hydrogens is 472 g/mol. The molecule has 5 rings (SSSR count). The third-order valence-electron chi connectivity index (χ3n) is 5.41. The van der Waals surface area contributed by atoms with Gasteiger partial charge in [-0.05, 0) is 85.0 Å². The SMILES string of the molecule is Oc1ccc(-n2cccc2[C@@H]2[C@H](c3ccccn3)NC(=S)N2c2ccc(Br)cc2)cc1. The molecule has 1 aliphatic heterocycles. The molecule has 154 valence electrons. The predicted molar refractivity (Wildman–Crippen MR) is 130 cm³/mol. The van der Waals surface area contributed by atoms with Gasteiger partial charge in [0.15, 0.2) is 5.11 Å². The van der Waals surface area contributed by atoms with Gasteiger partial charge < -0.3 is 19.9 Å². The molecule has 0 aliphatic carbocycles. The Morgan fingerprint density at radius 3 is 2.35 bits per heavy atom. The molecule has 1 saturated heterocycles. The van der Waals surface area contributed by atoms with Crippen molar-refractivity contribution in [1.29, 1.82) is 0 Å². The second-order valence-electron chi connectivity index (χ2n) is 7.29. The number of thiocarbonyl (C=S) groups is 1. The maximum atomic E-state index is 9.72. The average molecular weight is 491 g/mol. The van der Waals surface area contributed by atoms with E-state index in [-0.39, 0.29) is 17.8 Å². The van der Waals surface area contributed by atoms with Gasteiger partial charge in [0.25, 0.3) is 0 Å². The standard InChI is InChI=1S/C24H19BrN4OS/c25-16-6-8-18(9-7-16)29-23(22(27-24(29)31)20-4-1-2-14-26-20)21-5-3-15-28(21)17-10-12-19(30)13-11-17/h1-15,22-23,30H,(H,27,31)/t22-,23+/m0/s1. The highest BCUT2D eigenvalue weighted by Gasteiger charge is 2.42. The van der Waals surface area contributed by atoms with E-state index in [0.29, 0.717) is 5.11 Å². The summed E-state index contributed by atoms with van der Waals surface area (Å²) in [6, 6.07) is 25.2. The Hall–Kier alpha value is -3.16. The monoisotopic (exact) mass is 490 g/mol. The Morgan fingerprint density at radius 2 is 1.65 bits per heavy atom. The lowest BCUT2D eigenvalue weighted by Gasteiger charge is -2.29. The van der Waals surface area contributed by atoms with Gasteiger partial charge in [-0.1, -0.05) is 22.0 Å². The van der Waals surface area contributed by atoms with Crippen molar-refractivity contribution in [3.63, 3.8) is 0 Å². The van der Waals surface area contributed by atoms with E-state index in [1.165, 1.54) is 0 Å². The number of phenolic OH excluding ortho intramolecular Hbond substituents is 1. The molecule has 0 unspecified atom stereocenters. The summed E-state index contributed by atoms with van der Waals surface area (Å²) in [5, 5.41) is 13.9. The van der Waals surface area contributed by atoms with E-state index in [0.717, 1.165) is 27.2 Å². The van der Waals surface area contributed by atoms with Crippen LogP contribution >= 0.6 is 28.1 Å². The number of phenols is 1. The summed E-state index contributed by atoms with van der Waals surface area (Å²) in [5.74, 6) is 0.240. The zero-order valence-electron chi connectivity index (χ0n) is 16.4. The van der Waals surface area contributed by atoms with Crippen molar-refractivity contribution in [3.05, 3.63) is 107 Å². The molecule has 4 aromatic rings. The Balaban J connectivity index is 1.66. The largest absolute Gasteiger partial charge is 0.508 e. The first kappa shape index (κ1) is 19.8. The van der Waals surface area contributed by atoms with Crippen molar-refractivity contribution in [2.24, 2.45) is 0 Å². The minimum atomic E-state index is -0.122. The van der Waals surface area contributed by atoms with Crippen LogP contribution in [0.1, 0.15) is 23.5 Å². The second kappa shape index (κ2) is 8.17. The Bertz CT molecular complexity index is 1210. The van der Waals surface area contributed by atoms with Crippen LogP contribution in [-0.2, 0) is 0 Å². The van der Waals surface area contributed by atoms with E-state index >= 15 is 0 Å². The summed E-state index contributed by atoms with van der Waals surface area (Å²) in [6.45, 7) is 0. The molecular formula is C24H19BrN4OS. The molecule has 2 atom stereocenters. The fourth-order valence-electron chi connectivity index (χ4n) is 4.02. The molecule has 0 amide bonds. The van der Waals surface area contributed by atoms with Gasteiger partial charge >= 0.3 is 0 Å². The van der Waals surface area contributed by atoms with Crippen LogP contribution < -0.4 is 10.2 Å². The average Bonchev–Trinajstić information content (AvgIpc) is 3.40. The van der Waals surface area contributed by atoms with Gasteiger partial charge in [-0.15, -0.1) is 0 Å². The summed E-state index contributed by atoms with van der Waals surface area (Å²) in [5.41, 5.74) is 3.96. The van der Waals surface area contributed by atoms with Gasteiger partial charge in [-0.25, -0.2) is 0 Å². The molecule has 0 spiro atoms. The van der Waals surface area contributed by atoms with Crippen molar-refractivity contribution < 1.29 is 5.11 Å². The minimum absolute atomic E-state index is 0.118. The van der Waals surface area contributed by atoms with Gasteiger partial charge in [0, 0.05) is 33.9 Å². The summed E-state index contributed by atoms with van der Waals surface area (Å²) in [7, 11) is 0. The van der Waals surface area contributed by atoms with E-state index < -0.39 is 0 Å². The van der Waals surface area contributed by atoms with Crippen molar-refractivity contribution in [3.8, 4) is 11.4 Å². The highest BCUT2D eigenvalue weighted by Crippen LogP contribution is 2.42. The molecule has 7 heteroatoms. The third-order valence-corrected chi connectivity index (χ3v) is 6.26. The first-order valence-electron chi connectivity index (χ1n) is 9.85. The quantitative estimate of drug-likeness (QED) is 0.369. The van der Waals surface area contributed by atoms with Gasteiger partial charge in [0.1, 0.15) is 11.8 Å². The Kier molecular flexibility index (Phi) is 5.21. The van der Waals surface area contributed by atoms with Gasteiger partial charge in [0.2, 0.25) is 0 Å². The van der Waals surface area contributed by atoms with Crippen LogP contribution in [0, 0.1) is 0 Å². The van der Waals surface area contributed by atoms with Crippen molar-refractivity contribution in [2.45, 2.75) is 12.1 Å². The molecule has 31 heavy (non-hydrogen) atoms. The summed E-state index contributed by atoms with van der Waals surface area (Å²) < 4.78 is 3.14. The highest BCUT2D eigenvalue weighted by atomic mass is 79.9. The van der Waals surface area contributed by atoms with Crippen LogP contribution in [0.4, 0.5) is 5.69 Å². The topological polar surface area (TPSA) is 53.3 Å². The smallest absolute Gasteiger partial charge is 0.174 e. The number of aromatic hydroxyl groups is 1. The molecule has 0 radical (unpaired) electrons. The first-order chi connectivity index (χ1) is 15.1. The highest BCUT2D eigenvalue weighted by molar-refractivity contribution is 9.10. The summed E-state index contributed by atoms with van der Waals surface area (Å²) in [6.07, 6.45) is 3.83. The van der Waals surface area contributed by atoms with Crippen LogP contribution in [-0.4, -0.2) is 19.8 Å². The fourth-order valence-corrected chi connectivity index (χ4v) is 4.63. The van der Waals surface area contributed by atoms with E-state index in [1.54, 1.807) is 18.3 Å². The van der Waals surface area contributed by atoms with Crippen LogP contribution in [0.5, 0.6) is 5.75 Å². The van der Waals surface area contributed by atoms with Crippen molar-refractivity contribution >= 4 is 38.9 Å². The fraction of sp³-hybridized carbons (Fsp3) is 0.0833. The van der Waals surface area contributed by atoms with Crippen LogP contribution in [0.15, 0.2) is 95.7 Å². The number of nitrogens with zero attached hydrogens (tertiary/aromatic N) is 3. The summed E-state index contributed by atoms with van der Waals surface area (Å²) in [4.78, 5) is 6.76. The number of benzene rings is 2. The lowest BCUT2D eigenvalue weighted by Crippen LogP contribution is -2.30. The van der Waals surface area contributed by atoms with Gasteiger partial charge in [-0.3, -0.25) is 4.98 Å². The zero-order chi connectivity index (χ0) is 21.4. The number of pyridine rings is 1.